The molecule has 3 N–H and O–H groups in total. The van der Waals surface area contributed by atoms with Gasteiger partial charge >= 0.3 is 5.97 Å². The van der Waals surface area contributed by atoms with Gasteiger partial charge in [0.25, 0.3) is 5.91 Å². The van der Waals surface area contributed by atoms with Crippen LogP contribution in [0.2, 0.25) is 5.02 Å². The third kappa shape index (κ3) is 12.0. The smallest absolute Gasteiger partial charge is 0.322 e. The lowest BCUT2D eigenvalue weighted by molar-refractivity contribution is -0.146. The van der Waals surface area contributed by atoms with Gasteiger partial charge < -0.3 is 39.8 Å². The van der Waals surface area contributed by atoms with Crippen LogP contribution in [0.25, 0.3) is 0 Å². The van der Waals surface area contributed by atoms with Crippen molar-refractivity contribution in [2.24, 2.45) is 5.41 Å². The summed E-state index contributed by atoms with van der Waals surface area (Å²) in [6.45, 7) is 9.30. The highest BCUT2D eigenvalue weighted by atomic mass is 35.5. The first-order valence-corrected chi connectivity index (χ1v) is 18.4. The maximum Gasteiger partial charge on any atom is 0.322 e. The van der Waals surface area contributed by atoms with Gasteiger partial charge in [-0.2, -0.15) is 0 Å². The molecule has 3 aromatic rings. The molecule has 0 spiro atoms. The number of amides is 2. The zero-order valence-corrected chi connectivity index (χ0v) is 33.7. The van der Waals surface area contributed by atoms with E-state index in [0.29, 0.717) is 59.6 Å². The Morgan fingerprint density at radius 3 is 2.46 bits per heavy atom. The van der Waals surface area contributed by atoms with Crippen LogP contribution in [0.4, 0.5) is 5.69 Å². The molecule has 1 fully saturated rings. The van der Waals surface area contributed by atoms with Gasteiger partial charge in [-0.25, -0.2) is 0 Å². The van der Waals surface area contributed by atoms with Crippen molar-refractivity contribution in [1.29, 1.82) is 0 Å². The monoisotopic (exact) mass is 806 g/mol. The standard InChI is InChI=1S/C40H51ClN4O7.2ClH/c1-40(2,3)26-45-32-17-16-28(41)23-30(32)36(52-34(38(45)47)24-35(46)44-21-20-43-31(25-44)39(48)49)29-14-8-15-33(37(29)50-4)51-22-10-19-42-18-9-13-27-11-6-5-7-12-27;;/h5-8,11-12,14-17,23,31,34,36,42-43H,9-10,13,18-22,24-26H2,1-4H3,(H,48,49);2*1H. The number of nitrogens with zero attached hydrogens (tertiary/aromatic N) is 2. The number of carboxylic acids is 1. The Labute approximate surface area is 335 Å². The predicted octanol–water partition coefficient (Wildman–Crippen LogP) is 6.33. The molecular weight excluding hydrogens is 755 g/mol. The summed E-state index contributed by atoms with van der Waals surface area (Å²) in [6, 6.07) is 20.5. The summed E-state index contributed by atoms with van der Waals surface area (Å²) in [5, 5.41) is 16.4. The third-order valence-electron chi connectivity index (χ3n) is 9.14. The van der Waals surface area contributed by atoms with Gasteiger partial charge in [0.05, 0.1) is 20.1 Å². The Morgan fingerprint density at radius 2 is 1.76 bits per heavy atom. The number of rotatable bonds is 15. The van der Waals surface area contributed by atoms with Crippen molar-refractivity contribution < 1.29 is 33.7 Å². The number of anilines is 1. The van der Waals surface area contributed by atoms with Gasteiger partial charge in [-0.1, -0.05) is 74.8 Å². The molecular formula is C40H53Cl3N4O7. The lowest BCUT2D eigenvalue weighted by atomic mass is 9.94. The van der Waals surface area contributed by atoms with Crippen LogP contribution in [0.5, 0.6) is 11.5 Å². The van der Waals surface area contributed by atoms with Crippen molar-refractivity contribution in [1.82, 2.24) is 15.5 Å². The molecule has 3 atom stereocenters. The molecule has 2 heterocycles. The fourth-order valence-corrected chi connectivity index (χ4v) is 6.83. The van der Waals surface area contributed by atoms with Crippen molar-refractivity contribution in [3.8, 4) is 11.5 Å². The number of methoxy groups -OCH3 is 1. The van der Waals surface area contributed by atoms with Crippen LogP contribution in [0, 0.1) is 5.41 Å². The van der Waals surface area contributed by atoms with Gasteiger partial charge in [-0.05, 0) is 67.6 Å². The van der Waals surface area contributed by atoms with Gasteiger partial charge in [0, 0.05) is 48.0 Å². The first-order chi connectivity index (χ1) is 24.9. The minimum Gasteiger partial charge on any atom is -0.492 e. The Morgan fingerprint density at radius 1 is 1.02 bits per heavy atom. The number of nitrogens with one attached hydrogen (secondary N) is 2. The van der Waals surface area contributed by atoms with Gasteiger partial charge in [0.2, 0.25) is 5.91 Å². The number of benzene rings is 3. The minimum absolute atomic E-state index is 0. The molecule has 0 bridgehead atoms. The van der Waals surface area contributed by atoms with E-state index >= 15 is 0 Å². The van der Waals surface area contributed by atoms with Gasteiger partial charge in [0.15, 0.2) is 11.5 Å². The number of ether oxygens (including phenoxy) is 3. The average molecular weight is 808 g/mol. The normalized spacial score (nSPS) is 18.5. The lowest BCUT2D eigenvalue weighted by Crippen LogP contribution is -2.56. The van der Waals surface area contributed by atoms with E-state index in [4.69, 9.17) is 25.8 Å². The number of carbonyl (C=O) groups excluding carboxylic acids is 2. The summed E-state index contributed by atoms with van der Waals surface area (Å²) in [4.78, 5) is 43.0. The van der Waals surface area contributed by atoms with Crippen molar-refractivity contribution >= 4 is 59.9 Å². The largest absolute Gasteiger partial charge is 0.492 e. The zero-order chi connectivity index (χ0) is 37.3. The fourth-order valence-electron chi connectivity index (χ4n) is 6.65. The molecule has 2 aliphatic heterocycles. The number of carboxylic acid groups (broad SMARTS) is 1. The molecule has 0 saturated carbocycles. The third-order valence-corrected chi connectivity index (χ3v) is 9.37. The minimum atomic E-state index is -1.17. The van der Waals surface area contributed by atoms with Gasteiger partial charge in [-0.3, -0.25) is 14.4 Å². The van der Waals surface area contributed by atoms with Crippen molar-refractivity contribution in [2.45, 2.75) is 64.7 Å². The Kier molecular flexibility index (Phi) is 17.4. The number of carbonyl (C=O) groups is 3. The van der Waals surface area contributed by atoms with E-state index in [2.05, 4.69) is 34.9 Å². The second kappa shape index (κ2) is 20.9. The molecule has 3 unspecified atom stereocenters. The number of hydrogen-bond acceptors (Lipinski definition) is 8. The summed E-state index contributed by atoms with van der Waals surface area (Å²) in [7, 11) is 1.57. The zero-order valence-electron chi connectivity index (χ0n) is 31.3. The van der Waals surface area contributed by atoms with Crippen LogP contribution >= 0.6 is 36.4 Å². The Balaban J connectivity index is 0.00000392. The van der Waals surface area contributed by atoms with E-state index in [-0.39, 0.29) is 55.0 Å². The number of para-hydroxylation sites is 1. The van der Waals surface area contributed by atoms with Crippen molar-refractivity contribution in [3.05, 3.63) is 88.4 Å². The van der Waals surface area contributed by atoms with E-state index in [1.54, 1.807) is 24.1 Å². The molecule has 296 valence electrons. The maximum absolute atomic E-state index is 14.4. The Hall–Kier alpha value is -3.58. The van der Waals surface area contributed by atoms with Crippen LogP contribution in [-0.4, -0.2) is 92.9 Å². The number of hydrogen-bond donors (Lipinski definition) is 3. The summed E-state index contributed by atoms with van der Waals surface area (Å²) < 4.78 is 18.9. The van der Waals surface area contributed by atoms with E-state index in [9.17, 15) is 19.5 Å². The van der Waals surface area contributed by atoms with Crippen LogP contribution in [-0.2, 0) is 25.5 Å². The van der Waals surface area contributed by atoms with Gasteiger partial charge in [-0.15, -0.1) is 24.8 Å². The summed E-state index contributed by atoms with van der Waals surface area (Å²) in [5.74, 6) is -0.759. The lowest BCUT2D eigenvalue weighted by Gasteiger charge is -2.34. The molecule has 0 aromatic heterocycles. The van der Waals surface area contributed by atoms with E-state index in [0.717, 1.165) is 32.4 Å². The number of piperazine rings is 1. The van der Waals surface area contributed by atoms with E-state index in [1.165, 1.54) is 10.5 Å². The number of fused-ring (bicyclic) bond motifs is 1. The molecule has 2 amide bonds. The number of aliphatic carboxylic acids is 1. The highest BCUT2D eigenvalue weighted by Crippen LogP contribution is 2.45. The highest BCUT2D eigenvalue weighted by molar-refractivity contribution is 6.30. The highest BCUT2D eigenvalue weighted by Gasteiger charge is 2.41. The molecule has 2 aliphatic rings. The predicted molar refractivity (Wildman–Crippen MR) is 216 cm³/mol. The molecule has 14 heteroatoms. The van der Waals surface area contributed by atoms with Crippen molar-refractivity contribution in [2.75, 3.05) is 57.9 Å². The summed E-state index contributed by atoms with van der Waals surface area (Å²) in [6.07, 6.45) is 0.578. The van der Waals surface area contributed by atoms with Crippen molar-refractivity contribution in [3.63, 3.8) is 0 Å². The molecule has 11 nitrogen and oxygen atoms in total. The fraction of sp³-hybridized carbons (Fsp3) is 0.475. The van der Waals surface area contributed by atoms with Crippen LogP contribution in [0.3, 0.4) is 0 Å². The second-order valence-corrected chi connectivity index (χ2v) is 14.9. The molecule has 3 aromatic carbocycles. The first-order valence-electron chi connectivity index (χ1n) is 18.0. The van der Waals surface area contributed by atoms with E-state index in [1.807, 2.05) is 51.1 Å². The molecule has 1 saturated heterocycles. The number of halogens is 3. The quantitative estimate of drug-likeness (QED) is 0.151. The SMILES string of the molecule is COc1c(OCCCNCCCc2ccccc2)cccc1C1OC(CC(=O)N2CCNC(C(=O)O)C2)C(=O)N(CC(C)(C)C)c2ccc(Cl)cc21.Cl.Cl. The first kappa shape index (κ1) is 44.8. The molecule has 54 heavy (non-hydrogen) atoms. The molecule has 0 aliphatic carbocycles. The van der Waals surface area contributed by atoms with Crippen LogP contribution in [0.1, 0.15) is 62.8 Å². The topological polar surface area (TPSA) is 130 Å². The summed E-state index contributed by atoms with van der Waals surface area (Å²) in [5.41, 5.74) is 2.95. The average Bonchev–Trinajstić information content (AvgIpc) is 3.22. The van der Waals surface area contributed by atoms with E-state index < -0.39 is 24.2 Å². The van der Waals surface area contributed by atoms with Crippen LogP contribution in [0.15, 0.2) is 66.7 Å². The van der Waals surface area contributed by atoms with Crippen LogP contribution < -0.4 is 25.0 Å². The Bertz CT molecular complexity index is 1690. The number of aryl methyl sites for hydroxylation is 1. The second-order valence-electron chi connectivity index (χ2n) is 14.5. The molecule has 0 radical (unpaired) electrons. The summed E-state index contributed by atoms with van der Waals surface area (Å²) >= 11 is 6.59. The molecule has 5 rings (SSSR count). The van der Waals surface area contributed by atoms with Gasteiger partial charge in [0.1, 0.15) is 18.2 Å². The maximum atomic E-state index is 14.4.